The Morgan fingerprint density at radius 3 is 2.92 bits per heavy atom. The summed E-state index contributed by atoms with van der Waals surface area (Å²) >= 11 is 0. The number of hydrogen-bond donors (Lipinski definition) is 0. The highest BCUT2D eigenvalue weighted by molar-refractivity contribution is 5.92. The third-order valence-corrected chi connectivity index (χ3v) is 6.42. The molecule has 5 rings (SSSR count). The van der Waals surface area contributed by atoms with E-state index in [0.29, 0.717) is 23.6 Å². The van der Waals surface area contributed by atoms with Gasteiger partial charge in [0.15, 0.2) is 5.69 Å². The van der Waals surface area contributed by atoms with Gasteiger partial charge < -0.3 is 9.42 Å². The Kier molecular flexibility index (Phi) is 4.07. The van der Waals surface area contributed by atoms with E-state index < -0.39 is 0 Å². The summed E-state index contributed by atoms with van der Waals surface area (Å²) in [5.41, 5.74) is 3.52. The van der Waals surface area contributed by atoms with Gasteiger partial charge in [0.05, 0.1) is 0 Å². The van der Waals surface area contributed by atoms with Crippen LogP contribution >= 0.6 is 0 Å². The van der Waals surface area contributed by atoms with Crippen molar-refractivity contribution in [2.45, 2.75) is 69.2 Å². The molecule has 2 heterocycles. The van der Waals surface area contributed by atoms with Crippen LogP contribution < -0.4 is 0 Å². The van der Waals surface area contributed by atoms with E-state index in [1.807, 2.05) is 6.07 Å². The van der Waals surface area contributed by atoms with Gasteiger partial charge in [-0.25, -0.2) is 0 Å². The third-order valence-electron chi connectivity index (χ3n) is 6.42. The molecule has 0 unspecified atom stereocenters. The third kappa shape index (κ3) is 2.95. The van der Waals surface area contributed by atoms with Crippen molar-refractivity contribution in [1.82, 2.24) is 10.1 Å². The van der Waals surface area contributed by atoms with E-state index in [0.717, 1.165) is 44.4 Å². The molecule has 2 aliphatic carbocycles. The first-order valence-electron chi connectivity index (χ1n) is 10.1. The van der Waals surface area contributed by atoms with Crippen molar-refractivity contribution in [3.05, 3.63) is 52.9 Å². The molecule has 1 saturated heterocycles. The zero-order valence-corrected chi connectivity index (χ0v) is 15.2. The summed E-state index contributed by atoms with van der Waals surface area (Å²) in [4.78, 5) is 15.1. The summed E-state index contributed by atoms with van der Waals surface area (Å²) in [5.74, 6) is 2.03. The highest BCUT2D eigenvalue weighted by atomic mass is 16.5. The molecule has 0 spiro atoms. The van der Waals surface area contributed by atoms with Crippen LogP contribution in [0.5, 0.6) is 0 Å². The van der Waals surface area contributed by atoms with E-state index in [2.05, 4.69) is 34.3 Å². The number of nitrogens with zero attached hydrogens (tertiary/aromatic N) is 2. The van der Waals surface area contributed by atoms with E-state index in [9.17, 15) is 4.79 Å². The summed E-state index contributed by atoms with van der Waals surface area (Å²) in [5, 5.41) is 4.07. The normalized spacial score (nSPS) is 25.3. The van der Waals surface area contributed by atoms with Crippen LogP contribution in [0.1, 0.15) is 84.2 Å². The number of benzene rings is 1. The van der Waals surface area contributed by atoms with E-state index >= 15 is 0 Å². The number of amides is 1. The second-order valence-electron chi connectivity index (χ2n) is 8.21. The maximum absolute atomic E-state index is 13.0. The summed E-state index contributed by atoms with van der Waals surface area (Å²) < 4.78 is 5.40. The lowest BCUT2D eigenvalue weighted by Crippen LogP contribution is -2.37. The molecule has 1 amide bonds. The van der Waals surface area contributed by atoms with Gasteiger partial charge in [0, 0.05) is 24.6 Å². The molecule has 1 aliphatic heterocycles. The number of aromatic nitrogens is 1. The second kappa shape index (κ2) is 6.57. The number of carbonyl (C=O) groups excluding carboxylic acids is 1. The van der Waals surface area contributed by atoms with Crippen LogP contribution in [-0.4, -0.2) is 28.6 Å². The number of rotatable bonds is 4. The van der Waals surface area contributed by atoms with Crippen LogP contribution in [0.3, 0.4) is 0 Å². The average Bonchev–Trinajstić information content (AvgIpc) is 3.22. The molecule has 2 fully saturated rings. The van der Waals surface area contributed by atoms with E-state index in [1.165, 1.54) is 30.4 Å². The van der Waals surface area contributed by atoms with Gasteiger partial charge in [0.25, 0.3) is 5.91 Å². The first-order chi connectivity index (χ1) is 12.8. The van der Waals surface area contributed by atoms with Crippen LogP contribution in [-0.2, 0) is 6.42 Å². The standard InChI is InChI=1S/C22H26N2O2/c25-22(20-14-21(26-23-20)16-10-11-16)24-12-4-8-18(24)13-17-7-3-6-15-5-1-2-9-19(15)17/h1-2,5,9,14,16-18H,3-4,6-8,10-13H2/t17-,18-/m1/s1. The van der Waals surface area contributed by atoms with Crippen molar-refractivity contribution >= 4 is 5.91 Å². The number of aryl methyl sites for hydroxylation is 1. The molecular weight excluding hydrogens is 324 g/mol. The fourth-order valence-electron chi connectivity index (χ4n) is 4.87. The van der Waals surface area contributed by atoms with Crippen molar-refractivity contribution in [2.75, 3.05) is 6.54 Å². The van der Waals surface area contributed by atoms with Gasteiger partial charge in [-0.1, -0.05) is 29.4 Å². The Balaban J connectivity index is 1.32. The van der Waals surface area contributed by atoms with Crippen LogP contribution in [0.4, 0.5) is 0 Å². The molecule has 26 heavy (non-hydrogen) atoms. The monoisotopic (exact) mass is 350 g/mol. The Hall–Kier alpha value is -2.10. The summed E-state index contributed by atoms with van der Waals surface area (Å²) in [6, 6.07) is 11.1. The zero-order valence-electron chi connectivity index (χ0n) is 15.2. The predicted octanol–water partition coefficient (Wildman–Crippen LogP) is 4.67. The molecule has 3 aliphatic rings. The minimum absolute atomic E-state index is 0.0623. The molecule has 1 aromatic carbocycles. The van der Waals surface area contributed by atoms with Gasteiger partial charge >= 0.3 is 0 Å². The fraction of sp³-hybridized carbons (Fsp3) is 0.545. The second-order valence-corrected chi connectivity index (χ2v) is 8.21. The first-order valence-corrected chi connectivity index (χ1v) is 10.1. The molecule has 2 atom stereocenters. The molecule has 4 heteroatoms. The number of carbonyl (C=O) groups is 1. The molecule has 1 saturated carbocycles. The van der Waals surface area contributed by atoms with Gasteiger partial charge in [0.1, 0.15) is 5.76 Å². The molecule has 0 radical (unpaired) electrons. The molecular formula is C22H26N2O2. The minimum Gasteiger partial charge on any atom is -0.360 e. The summed E-state index contributed by atoms with van der Waals surface area (Å²) in [7, 11) is 0. The highest BCUT2D eigenvalue weighted by Crippen LogP contribution is 2.41. The van der Waals surface area contributed by atoms with Crippen molar-refractivity contribution < 1.29 is 9.32 Å². The van der Waals surface area contributed by atoms with Crippen molar-refractivity contribution in [3.8, 4) is 0 Å². The summed E-state index contributed by atoms with van der Waals surface area (Å²) in [6.07, 6.45) is 9.31. The molecule has 1 aromatic heterocycles. The van der Waals surface area contributed by atoms with Gasteiger partial charge in [-0.05, 0) is 68.4 Å². The number of likely N-dealkylation sites (tertiary alicyclic amines) is 1. The molecule has 136 valence electrons. The number of hydrogen-bond acceptors (Lipinski definition) is 3. The predicted molar refractivity (Wildman–Crippen MR) is 99.3 cm³/mol. The van der Waals surface area contributed by atoms with E-state index in [-0.39, 0.29) is 5.91 Å². The Morgan fingerprint density at radius 1 is 1.15 bits per heavy atom. The smallest absolute Gasteiger partial charge is 0.276 e. The first kappa shape index (κ1) is 16.1. The molecule has 4 nitrogen and oxygen atoms in total. The lowest BCUT2D eigenvalue weighted by molar-refractivity contribution is 0.0713. The minimum atomic E-state index is 0.0623. The Morgan fingerprint density at radius 2 is 2.04 bits per heavy atom. The van der Waals surface area contributed by atoms with Crippen molar-refractivity contribution in [2.24, 2.45) is 0 Å². The lowest BCUT2D eigenvalue weighted by atomic mass is 9.79. The molecule has 0 bridgehead atoms. The van der Waals surface area contributed by atoms with Gasteiger partial charge in [-0.15, -0.1) is 0 Å². The lowest BCUT2D eigenvalue weighted by Gasteiger charge is -2.31. The summed E-state index contributed by atoms with van der Waals surface area (Å²) in [6.45, 7) is 0.851. The fourth-order valence-corrected chi connectivity index (χ4v) is 4.87. The molecule has 0 N–H and O–H groups in total. The Bertz CT molecular complexity index is 808. The van der Waals surface area contributed by atoms with E-state index in [1.54, 1.807) is 0 Å². The van der Waals surface area contributed by atoms with Crippen LogP contribution in [0.2, 0.25) is 0 Å². The maximum Gasteiger partial charge on any atom is 0.276 e. The largest absolute Gasteiger partial charge is 0.360 e. The van der Waals surface area contributed by atoms with Gasteiger partial charge in [0.2, 0.25) is 0 Å². The van der Waals surface area contributed by atoms with Gasteiger partial charge in [-0.2, -0.15) is 0 Å². The van der Waals surface area contributed by atoms with Crippen molar-refractivity contribution in [3.63, 3.8) is 0 Å². The maximum atomic E-state index is 13.0. The quantitative estimate of drug-likeness (QED) is 0.805. The SMILES string of the molecule is O=C(c1cc(C2CC2)on1)N1CCC[C@@H]1C[C@H]1CCCc2ccccc21. The van der Waals surface area contributed by atoms with Gasteiger partial charge in [-0.3, -0.25) is 4.79 Å². The van der Waals surface area contributed by atoms with Crippen molar-refractivity contribution in [1.29, 1.82) is 0 Å². The van der Waals surface area contributed by atoms with Crippen LogP contribution in [0.15, 0.2) is 34.9 Å². The van der Waals surface area contributed by atoms with Crippen LogP contribution in [0.25, 0.3) is 0 Å². The zero-order chi connectivity index (χ0) is 17.5. The van der Waals surface area contributed by atoms with Crippen LogP contribution in [0, 0.1) is 0 Å². The molecule has 2 aromatic rings. The number of fused-ring (bicyclic) bond motifs is 1. The highest BCUT2D eigenvalue weighted by Gasteiger charge is 2.35. The Labute approximate surface area is 154 Å². The van der Waals surface area contributed by atoms with E-state index in [4.69, 9.17) is 4.52 Å². The average molecular weight is 350 g/mol. The topological polar surface area (TPSA) is 46.3 Å².